The molecular formula is C20H29N3OS2. The van der Waals surface area contributed by atoms with Gasteiger partial charge in [0.1, 0.15) is 0 Å². The summed E-state index contributed by atoms with van der Waals surface area (Å²) in [5.74, 6) is 1.12. The number of thioether (sulfide) groups is 1. The Morgan fingerprint density at radius 1 is 1.35 bits per heavy atom. The third-order valence-corrected chi connectivity index (χ3v) is 7.62. The molecule has 1 fully saturated rings. The van der Waals surface area contributed by atoms with Crippen LogP contribution in [0.3, 0.4) is 0 Å². The minimum atomic E-state index is -0.0173. The minimum absolute atomic E-state index is 0.0173. The molecule has 142 valence electrons. The van der Waals surface area contributed by atoms with E-state index < -0.39 is 0 Å². The molecule has 0 N–H and O–H groups in total. The molecule has 0 aliphatic carbocycles. The van der Waals surface area contributed by atoms with Crippen LogP contribution in [0.1, 0.15) is 40.6 Å². The monoisotopic (exact) mass is 391 g/mol. The summed E-state index contributed by atoms with van der Waals surface area (Å²) in [5, 5.41) is 4.50. The Morgan fingerprint density at radius 3 is 2.96 bits per heavy atom. The number of rotatable bonds is 6. The molecule has 0 bridgehead atoms. The van der Waals surface area contributed by atoms with Crippen molar-refractivity contribution < 1.29 is 4.74 Å². The number of hydrogen-bond donors (Lipinski definition) is 0. The Labute approximate surface area is 164 Å². The molecule has 0 amide bonds. The summed E-state index contributed by atoms with van der Waals surface area (Å²) >= 11 is 3.88. The van der Waals surface area contributed by atoms with Gasteiger partial charge in [-0.3, -0.25) is 9.58 Å². The number of likely N-dealkylation sites (tertiary alicyclic amines) is 1. The lowest BCUT2D eigenvalue weighted by molar-refractivity contribution is -0.0981. The zero-order chi connectivity index (χ0) is 18.0. The highest BCUT2D eigenvalue weighted by Gasteiger charge is 2.41. The summed E-state index contributed by atoms with van der Waals surface area (Å²) in [6.07, 6.45) is 10.8. The Morgan fingerprint density at radius 2 is 2.19 bits per heavy atom. The van der Waals surface area contributed by atoms with Gasteiger partial charge in [-0.2, -0.15) is 16.9 Å². The summed E-state index contributed by atoms with van der Waals surface area (Å²) < 4.78 is 8.47. The van der Waals surface area contributed by atoms with Crippen LogP contribution >= 0.6 is 23.1 Å². The summed E-state index contributed by atoms with van der Waals surface area (Å²) in [4.78, 5) is 5.66. The van der Waals surface area contributed by atoms with Gasteiger partial charge >= 0.3 is 0 Å². The molecule has 0 aromatic carbocycles. The van der Waals surface area contributed by atoms with E-state index in [0.717, 1.165) is 64.2 Å². The molecule has 4 heterocycles. The molecule has 1 spiro atoms. The maximum atomic E-state index is 6.40. The highest BCUT2D eigenvalue weighted by Crippen LogP contribution is 2.44. The molecule has 0 saturated carbocycles. The first-order valence-electron chi connectivity index (χ1n) is 9.71. The Bertz CT molecular complexity index is 731. The van der Waals surface area contributed by atoms with E-state index in [1.807, 2.05) is 29.3 Å². The quantitative estimate of drug-likeness (QED) is 0.746. The van der Waals surface area contributed by atoms with Crippen molar-refractivity contribution >= 4 is 23.1 Å². The fourth-order valence-corrected chi connectivity index (χ4v) is 5.73. The van der Waals surface area contributed by atoms with Crippen molar-refractivity contribution in [3.8, 4) is 0 Å². The van der Waals surface area contributed by atoms with Gasteiger partial charge < -0.3 is 4.74 Å². The smallest absolute Gasteiger partial charge is 0.0966 e. The first kappa shape index (κ1) is 18.5. The summed E-state index contributed by atoms with van der Waals surface area (Å²) in [6.45, 7) is 7.36. The number of aromatic nitrogens is 2. The maximum absolute atomic E-state index is 6.40. The van der Waals surface area contributed by atoms with Crippen molar-refractivity contribution in [3.63, 3.8) is 0 Å². The van der Waals surface area contributed by atoms with Crippen molar-refractivity contribution in [2.75, 3.05) is 31.7 Å². The maximum Gasteiger partial charge on any atom is 0.0966 e. The van der Waals surface area contributed by atoms with Crippen LogP contribution in [0, 0.1) is 0 Å². The largest absolute Gasteiger partial charge is 0.370 e. The summed E-state index contributed by atoms with van der Waals surface area (Å²) in [5.41, 5.74) is 2.82. The molecule has 26 heavy (non-hydrogen) atoms. The summed E-state index contributed by atoms with van der Waals surface area (Å²) in [7, 11) is 0. The lowest BCUT2D eigenvalue weighted by atomic mass is 9.82. The number of nitrogens with zero attached hydrogens (tertiary/aromatic N) is 3. The van der Waals surface area contributed by atoms with E-state index in [1.54, 1.807) is 4.88 Å². The standard InChI is InChI=1S/C20H29N3OS2/c1-3-17-12-18-19(26-17)4-10-24-20(18)5-7-22(8-6-20)14-16-13-21-23(15-16)9-11-25-2/h12-13,15H,3-11,14H2,1-2H3. The van der Waals surface area contributed by atoms with Crippen LogP contribution in [0.15, 0.2) is 18.5 Å². The Balaban J connectivity index is 1.39. The Hall–Kier alpha value is -0.820. The molecule has 2 aromatic heterocycles. The van der Waals surface area contributed by atoms with Crippen molar-refractivity contribution in [1.82, 2.24) is 14.7 Å². The van der Waals surface area contributed by atoms with E-state index in [2.05, 4.69) is 40.1 Å². The fourth-order valence-electron chi connectivity index (χ4n) is 4.19. The molecule has 0 radical (unpaired) electrons. The molecule has 0 atom stereocenters. The predicted octanol–water partition coefficient (Wildman–Crippen LogP) is 3.93. The zero-order valence-corrected chi connectivity index (χ0v) is 17.5. The zero-order valence-electron chi connectivity index (χ0n) is 15.9. The van der Waals surface area contributed by atoms with Crippen LogP contribution < -0.4 is 0 Å². The second kappa shape index (κ2) is 8.05. The van der Waals surface area contributed by atoms with Crippen LogP contribution in [-0.2, 0) is 36.3 Å². The summed E-state index contributed by atoms with van der Waals surface area (Å²) in [6, 6.07) is 2.44. The van der Waals surface area contributed by atoms with E-state index in [1.165, 1.54) is 16.0 Å². The molecule has 4 rings (SSSR count). The molecule has 4 nitrogen and oxygen atoms in total. The topological polar surface area (TPSA) is 30.3 Å². The average molecular weight is 392 g/mol. The van der Waals surface area contributed by atoms with Crippen LogP contribution in [0.5, 0.6) is 0 Å². The van der Waals surface area contributed by atoms with Crippen molar-refractivity contribution in [2.24, 2.45) is 0 Å². The van der Waals surface area contributed by atoms with Gasteiger partial charge in [-0.1, -0.05) is 6.92 Å². The number of fused-ring (bicyclic) bond motifs is 2. The SMILES string of the molecule is CCc1cc2c(s1)CCOC21CCN(Cc2cnn(CCSC)c2)CC1. The van der Waals surface area contributed by atoms with E-state index in [-0.39, 0.29) is 5.60 Å². The van der Waals surface area contributed by atoms with Gasteiger partial charge in [0.2, 0.25) is 0 Å². The second-order valence-corrected chi connectivity index (χ2v) is 9.58. The van der Waals surface area contributed by atoms with Gasteiger partial charge in [-0.15, -0.1) is 11.3 Å². The average Bonchev–Trinajstić information content (AvgIpc) is 3.29. The van der Waals surface area contributed by atoms with E-state index >= 15 is 0 Å². The fraction of sp³-hybridized carbons (Fsp3) is 0.650. The molecule has 1 saturated heterocycles. The molecule has 2 aliphatic rings. The molecular weight excluding hydrogens is 362 g/mol. The minimum Gasteiger partial charge on any atom is -0.370 e. The van der Waals surface area contributed by atoms with Crippen LogP contribution in [0.2, 0.25) is 0 Å². The van der Waals surface area contributed by atoms with Gasteiger partial charge in [0.25, 0.3) is 0 Å². The highest BCUT2D eigenvalue weighted by atomic mass is 32.2. The number of aryl methyl sites for hydroxylation is 2. The van der Waals surface area contributed by atoms with E-state index in [0.29, 0.717) is 0 Å². The predicted molar refractivity (Wildman–Crippen MR) is 110 cm³/mol. The van der Waals surface area contributed by atoms with Gasteiger partial charge in [0, 0.05) is 59.9 Å². The highest BCUT2D eigenvalue weighted by molar-refractivity contribution is 7.98. The van der Waals surface area contributed by atoms with Gasteiger partial charge in [0.15, 0.2) is 0 Å². The number of thiophene rings is 1. The van der Waals surface area contributed by atoms with Crippen LogP contribution in [0.4, 0.5) is 0 Å². The van der Waals surface area contributed by atoms with Gasteiger partial charge in [-0.05, 0) is 37.1 Å². The van der Waals surface area contributed by atoms with Gasteiger partial charge in [0.05, 0.1) is 18.4 Å². The van der Waals surface area contributed by atoms with Crippen molar-refractivity contribution in [1.29, 1.82) is 0 Å². The number of piperidine rings is 1. The first-order chi connectivity index (χ1) is 12.7. The molecule has 2 aromatic rings. The number of hydrogen-bond acceptors (Lipinski definition) is 5. The first-order valence-corrected chi connectivity index (χ1v) is 11.9. The molecule has 2 aliphatic heterocycles. The third-order valence-electron chi connectivity index (χ3n) is 5.69. The molecule has 0 unspecified atom stereocenters. The van der Waals surface area contributed by atoms with Crippen molar-refractivity contribution in [3.05, 3.63) is 39.3 Å². The third kappa shape index (κ3) is 3.75. The lowest BCUT2D eigenvalue weighted by Crippen LogP contribution is -2.45. The normalized spacial score (nSPS) is 19.8. The second-order valence-electron chi connectivity index (χ2n) is 7.38. The lowest BCUT2D eigenvalue weighted by Gasteiger charge is -2.44. The van der Waals surface area contributed by atoms with E-state index in [9.17, 15) is 0 Å². The van der Waals surface area contributed by atoms with Crippen molar-refractivity contribution in [2.45, 2.75) is 51.3 Å². The molecule has 6 heteroatoms. The van der Waals surface area contributed by atoms with Crippen LogP contribution in [-0.4, -0.2) is 46.4 Å². The van der Waals surface area contributed by atoms with Gasteiger partial charge in [-0.25, -0.2) is 0 Å². The van der Waals surface area contributed by atoms with Crippen LogP contribution in [0.25, 0.3) is 0 Å². The Kier molecular flexibility index (Phi) is 5.74. The number of ether oxygens (including phenoxy) is 1. The van der Waals surface area contributed by atoms with E-state index in [4.69, 9.17) is 4.74 Å².